The number of nitrogen functional groups attached to an aromatic ring is 2. The van der Waals surface area contributed by atoms with Crippen LogP contribution in [0.1, 0.15) is 0 Å². The molecule has 0 atom stereocenters. The lowest BCUT2D eigenvalue weighted by molar-refractivity contribution is 0.917. The van der Waals surface area contributed by atoms with Crippen molar-refractivity contribution in [1.29, 1.82) is 0 Å². The largest absolute Gasteiger partial charge is 0.384 e. The van der Waals surface area contributed by atoms with E-state index in [-0.39, 0.29) is 0 Å². The van der Waals surface area contributed by atoms with Crippen LogP contribution in [0.15, 0.2) is 18.5 Å². The van der Waals surface area contributed by atoms with E-state index in [2.05, 4.69) is 10.1 Å². The zero-order chi connectivity index (χ0) is 7.84. The van der Waals surface area contributed by atoms with Crippen LogP contribution in [-0.4, -0.2) is 14.6 Å². The molecule has 0 spiro atoms. The van der Waals surface area contributed by atoms with Crippen LogP contribution in [0.3, 0.4) is 0 Å². The minimum atomic E-state index is 0.441. The Bertz CT molecular complexity index is 391. The first-order valence-electron chi connectivity index (χ1n) is 3.13. The molecule has 5 nitrogen and oxygen atoms in total. The lowest BCUT2D eigenvalue weighted by Crippen LogP contribution is -2.01. The van der Waals surface area contributed by atoms with Crippen molar-refractivity contribution in [3.05, 3.63) is 18.5 Å². The summed E-state index contributed by atoms with van der Waals surface area (Å²) in [4.78, 5) is 3.81. The van der Waals surface area contributed by atoms with E-state index in [9.17, 15) is 0 Å². The minimum absolute atomic E-state index is 0.441. The summed E-state index contributed by atoms with van der Waals surface area (Å²) in [7, 11) is 0. The van der Waals surface area contributed by atoms with E-state index in [1.165, 1.54) is 6.33 Å². The molecule has 0 unspecified atom stereocenters. The molecule has 2 heterocycles. The molecule has 0 fully saturated rings. The normalized spacial score (nSPS) is 10.5. The molecule has 11 heavy (non-hydrogen) atoms. The second-order valence-electron chi connectivity index (χ2n) is 2.20. The van der Waals surface area contributed by atoms with E-state index in [1.54, 1.807) is 16.6 Å². The molecule has 2 rings (SSSR count). The molecule has 0 saturated heterocycles. The van der Waals surface area contributed by atoms with Gasteiger partial charge in [0.1, 0.15) is 17.7 Å². The number of fused-ring (bicyclic) bond motifs is 1. The lowest BCUT2D eigenvalue weighted by atomic mass is 10.5. The SMILES string of the molecule is Nc1ncnn2c(N)ccc12. The molecule has 0 amide bonds. The van der Waals surface area contributed by atoms with E-state index < -0.39 is 0 Å². The van der Waals surface area contributed by atoms with Crippen molar-refractivity contribution in [3.63, 3.8) is 0 Å². The predicted molar refractivity (Wildman–Crippen MR) is 41.8 cm³/mol. The first-order chi connectivity index (χ1) is 5.29. The summed E-state index contributed by atoms with van der Waals surface area (Å²) in [5.74, 6) is 1.01. The number of hydrogen-bond donors (Lipinski definition) is 2. The zero-order valence-corrected chi connectivity index (χ0v) is 5.73. The topological polar surface area (TPSA) is 82.2 Å². The molecule has 56 valence electrons. The van der Waals surface area contributed by atoms with E-state index in [0.29, 0.717) is 11.6 Å². The number of nitrogens with zero attached hydrogens (tertiary/aromatic N) is 3. The average molecular weight is 149 g/mol. The first kappa shape index (κ1) is 5.96. The highest BCUT2D eigenvalue weighted by Gasteiger charge is 2.00. The van der Waals surface area contributed by atoms with Crippen molar-refractivity contribution >= 4 is 17.2 Å². The Labute approximate surface area is 62.6 Å². The fourth-order valence-electron chi connectivity index (χ4n) is 0.973. The molecule has 0 aliphatic rings. The Morgan fingerprint density at radius 1 is 1.27 bits per heavy atom. The second kappa shape index (κ2) is 1.85. The van der Waals surface area contributed by atoms with Gasteiger partial charge in [-0.2, -0.15) is 5.10 Å². The maximum Gasteiger partial charge on any atom is 0.151 e. The van der Waals surface area contributed by atoms with Gasteiger partial charge in [0.2, 0.25) is 0 Å². The van der Waals surface area contributed by atoms with Gasteiger partial charge in [0.25, 0.3) is 0 Å². The Morgan fingerprint density at radius 3 is 2.82 bits per heavy atom. The van der Waals surface area contributed by atoms with Gasteiger partial charge in [-0.1, -0.05) is 0 Å². The van der Waals surface area contributed by atoms with Gasteiger partial charge >= 0.3 is 0 Å². The van der Waals surface area contributed by atoms with Gasteiger partial charge in [-0.05, 0) is 12.1 Å². The Morgan fingerprint density at radius 2 is 2.09 bits per heavy atom. The van der Waals surface area contributed by atoms with E-state index in [0.717, 1.165) is 5.52 Å². The van der Waals surface area contributed by atoms with Crippen molar-refractivity contribution in [2.75, 3.05) is 11.5 Å². The third-order valence-corrected chi connectivity index (χ3v) is 1.51. The summed E-state index contributed by atoms with van der Waals surface area (Å²) in [6, 6.07) is 3.52. The Balaban J connectivity index is 2.94. The van der Waals surface area contributed by atoms with Gasteiger partial charge in [-0.25, -0.2) is 9.50 Å². The monoisotopic (exact) mass is 149 g/mol. The van der Waals surface area contributed by atoms with Crippen molar-refractivity contribution in [2.24, 2.45) is 0 Å². The van der Waals surface area contributed by atoms with Crippen LogP contribution in [0, 0.1) is 0 Å². The maximum atomic E-state index is 5.56. The molecule has 0 saturated carbocycles. The quantitative estimate of drug-likeness (QED) is 0.547. The lowest BCUT2D eigenvalue weighted by Gasteiger charge is -1.96. The molecule has 0 bridgehead atoms. The van der Waals surface area contributed by atoms with Gasteiger partial charge in [-0.3, -0.25) is 0 Å². The van der Waals surface area contributed by atoms with Crippen molar-refractivity contribution in [3.8, 4) is 0 Å². The summed E-state index contributed by atoms with van der Waals surface area (Å²) < 4.78 is 1.54. The van der Waals surface area contributed by atoms with Gasteiger partial charge in [0, 0.05) is 0 Å². The van der Waals surface area contributed by atoms with Crippen molar-refractivity contribution in [2.45, 2.75) is 0 Å². The summed E-state index contributed by atoms with van der Waals surface area (Å²) in [5, 5.41) is 3.90. The van der Waals surface area contributed by atoms with Crippen LogP contribution < -0.4 is 11.5 Å². The molecular formula is C6H7N5. The van der Waals surface area contributed by atoms with Gasteiger partial charge in [0.15, 0.2) is 5.82 Å². The number of nitrogens with two attached hydrogens (primary N) is 2. The molecule has 2 aromatic heterocycles. The highest BCUT2D eigenvalue weighted by molar-refractivity contribution is 5.68. The van der Waals surface area contributed by atoms with Crippen molar-refractivity contribution in [1.82, 2.24) is 14.6 Å². The molecule has 2 aromatic rings. The summed E-state index contributed by atoms with van der Waals surface area (Å²) >= 11 is 0. The molecule has 0 aliphatic heterocycles. The smallest absolute Gasteiger partial charge is 0.151 e. The predicted octanol–water partition coefficient (Wildman–Crippen LogP) is -0.106. The third kappa shape index (κ3) is 0.706. The molecular weight excluding hydrogens is 142 g/mol. The highest BCUT2D eigenvalue weighted by atomic mass is 15.3. The van der Waals surface area contributed by atoms with Crippen LogP contribution in [-0.2, 0) is 0 Å². The van der Waals surface area contributed by atoms with Crippen LogP contribution in [0.2, 0.25) is 0 Å². The zero-order valence-electron chi connectivity index (χ0n) is 5.73. The molecule has 0 radical (unpaired) electrons. The Hall–Kier alpha value is -1.78. The fourth-order valence-corrected chi connectivity index (χ4v) is 0.973. The fraction of sp³-hybridized carbons (Fsp3) is 0. The third-order valence-electron chi connectivity index (χ3n) is 1.51. The van der Waals surface area contributed by atoms with E-state index in [1.807, 2.05) is 0 Å². The highest BCUT2D eigenvalue weighted by Crippen LogP contribution is 2.13. The van der Waals surface area contributed by atoms with Crippen LogP contribution in [0.25, 0.3) is 5.52 Å². The first-order valence-corrected chi connectivity index (χ1v) is 3.13. The molecule has 4 N–H and O–H groups in total. The van der Waals surface area contributed by atoms with Crippen molar-refractivity contribution < 1.29 is 0 Å². The summed E-state index contributed by atoms with van der Waals surface area (Å²) in [6.45, 7) is 0. The van der Waals surface area contributed by atoms with E-state index in [4.69, 9.17) is 11.5 Å². The van der Waals surface area contributed by atoms with E-state index >= 15 is 0 Å². The average Bonchev–Trinajstić information content (AvgIpc) is 2.35. The number of hydrogen-bond acceptors (Lipinski definition) is 4. The number of rotatable bonds is 0. The molecule has 0 aromatic carbocycles. The van der Waals surface area contributed by atoms with Gasteiger partial charge < -0.3 is 11.5 Å². The van der Waals surface area contributed by atoms with Crippen LogP contribution >= 0.6 is 0 Å². The summed E-state index contributed by atoms with van der Waals surface area (Å²) in [5.41, 5.74) is 11.8. The number of anilines is 2. The molecule has 0 aliphatic carbocycles. The minimum Gasteiger partial charge on any atom is -0.384 e. The maximum absolute atomic E-state index is 5.56. The standard InChI is InChI=1S/C6H7N5/c7-5-2-1-4-6(8)9-3-10-11(4)5/h1-3H,7H2,(H2,8,9,10). The van der Waals surface area contributed by atoms with Gasteiger partial charge in [-0.15, -0.1) is 0 Å². The van der Waals surface area contributed by atoms with Gasteiger partial charge in [0.05, 0.1) is 0 Å². The van der Waals surface area contributed by atoms with Crippen LogP contribution in [0.4, 0.5) is 11.6 Å². The Kier molecular flexibility index (Phi) is 1.00. The second-order valence-corrected chi connectivity index (χ2v) is 2.20. The van der Waals surface area contributed by atoms with Crippen LogP contribution in [0.5, 0.6) is 0 Å². The molecule has 5 heteroatoms. The number of aromatic nitrogens is 3. The summed E-state index contributed by atoms with van der Waals surface area (Å²) in [6.07, 6.45) is 1.37.